The van der Waals surface area contributed by atoms with Crippen LogP contribution in [0.1, 0.15) is 70.0 Å². The highest BCUT2D eigenvalue weighted by Gasteiger charge is 2.22. The molecule has 6 nitrogen and oxygen atoms in total. The highest BCUT2D eigenvalue weighted by Crippen LogP contribution is 2.27. The summed E-state index contributed by atoms with van der Waals surface area (Å²) in [4.78, 5) is 14.9. The second kappa shape index (κ2) is 12.1. The van der Waals surface area contributed by atoms with Crippen molar-refractivity contribution < 1.29 is 4.79 Å². The third-order valence-electron chi connectivity index (χ3n) is 5.38. The van der Waals surface area contributed by atoms with Crippen molar-refractivity contribution in [2.75, 3.05) is 25.2 Å². The van der Waals surface area contributed by atoms with Gasteiger partial charge in [-0.3, -0.25) is 9.69 Å². The van der Waals surface area contributed by atoms with Gasteiger partial charge in [0.05, 0.1) is 11.8 Å². The molecular formula is C23H37N5OS. The molecule has 0 aliphatic heterocycles. The molecule has 2 aromatic rings. The first-order valence-electron chi connectivity index (χ1n) is 11.1. The molecule has 0 aliphatic rings. The van der Waals surface area contributed by atoms with Crippen molar-refractivity contribution in [1.82, 2.24) is 19.7 Å². The van der Waals surface area contributed by atoms with Crippen LogP contribution in [0.25, 0.3) is 0 Å². The van der Waals surface area contributed by atoms with Gasteiger partial charge in [0.2, 0.25) is 5.91 Å². The van der Waals surface area contributed by atoms with Crippen molar-refractivity contribution in [3.8, 4) is 0 Å². The number of hydrogen-bond acceptors (Lipinski definition) is 5. The number of aryl methyl sites for hydroxylation is 2. The Morgan fingerprint density at radius 2 is 1.80 bits per heavy atom. The van der Waals surface area contributed by atoms with E-state index < -0.39 is 0 Å². The van der Waals surface area contributed by atoms with E-state index in [0.29, 0.717) is 5.75 Å². The van der Waals surface area contributed by atoms with E-state index in [4.69, 9.17) is 0 Å². The number of aromatic nitrogens is 3. The van der Waals surface area contributed by atoms with Gasteiger partial charge in [-0.15, -0.1) is 10.2 Å². The maximum absolute atomic E-state index is 12.8. The number of amides is 1. The van der Waals surface area contributed by atoms with Crippen molar-refractivity contribution in [2.24, 2.45) is 0 Å². The molecule has 7 heteroatoms. The molecule has 2 rings (SSSR count). The van der Waals surface area contributed by atoms with Gasteiger partial charge in [0, 0.05) is 12.2 Å². The topological polar surface area (TPSA) is 63.1 Å². The van der Waals surface area contributed by atoms with Crippen LogP contribution in [0.15, 0.2) is 23.4 Å². The molecule has 0 saturated heterocycles. The monoisotopic (exact) mass is 431 g/mol. The minimum Gasteiger partial charge on any atom is -0.325 e. The lowest BCUT2D eigenvalue weighted by Gasteiger charge is -2.23. The molecule has 0 aliphatic carbocycles. The minimum atomic E-state index is 0.00171. The Hall–Kier alpha value is -1.86. The zero-order valence-electron chi connectivity index (χ0n) is 19.4. The Bertz CT molecular complexity index is 796. The van der Waals surface area contributed by atoms with E-state index in [1.807, 2.05) is 0 Å². The number of nitrogens with one attached hydrogen (secondary N) is 1. The van der Waals surface area contributed by atoms with Gasteiger partial charge in [0.15, 0.2) is 11.0 Å². The summed E-state index contributed by atoms with van der Waals surface area (Å²) in [7, 11) is 4.15. The first-order chi connectivity index (χ1) is 14.5. The number of anilines is 1. The van der Waals surface area contributed by atoms with Gasteiger partial charge in [-0.1, -0.05) is 64.1 Å². The van der Waals surface area contributed by atoms with E-state index >= 15 is 0 Å². The molecule has 30 heavy (non-hydrogen) atoms. The summed E-state index contributed by atoms with van der Waals surface area (Å²) in [5, 5.41) is 12.9. The highest BCUT2D eigenvalue weighted by molar-refractivity contribution is 7.99. The van der Waals surface area contributed by atoms with E-state index in [9.17, 15) is 4.79 Å². The van der Waals surface area contributed by atoms with Crippen LogP contribution in [0, 0.1) is 0 Å². The van der Waals surface area contributed by atoms with Crippen molar-refractivity contribution >= 4 is 23.4 Å². The van der Waals surface area contributed by atoms with Gasteiger partial charge < -0.3 is 9.88 Å². The van der Waals surface area contributed by atoms with Crippen LogP contribution in [0.5, 0.6) is 0 Å². The molecule has 0 saturated carbocycles. The standard InChI is InChI=1S/C23H37N5OS/c1-7-11-15-28-22(19(10-4)27(5)6)25-26-23(28)30-16-20(29)24-21-17(8-2)13-12-14-18(21)9-3/h12-14,19H,7-11,15-16H2,1-6H3,(H,24,29)/t19-/m0/s1. The average Bonchev–Trinajstić information content (AvgIpc) is 3.13. The van der Waals surface area contributed by atoms with Crippen LogP contribution < -0.4 is 5.32 Å². The van der Waals surface area contributed by atoms with Gasteiger partial charge in [-0.2, -0.15) is 0 Å². The molecule has 0 unspecified atom stereocenters. The molecule has 1 N–H and O–H groups in total. The number of para-hydroxylation sites is 1. The lowest BCUT2D eigenvalue weighted by Crippen LogP contribution is -2.23. The summed E-state index contributed by atoms with van der Waals surface area (Å²) < 4.78 is 2.20. The van der Waals surface area contributed by atoms with Crippen LogP contribution >= 0.6 is 11.8 Å². The van der Waals surface area contributed by atoms with Crippen molar-refractivity contribution in [1.29, 1.82) is 0 Å². The molecular weight excluding hydrogens is 394 g/mol. The number of thioether (sulfide) groups is 1. The third kappa shape index (κ3) is 6.08. The Kier molecular flexibility index (Phi) is 9.85. The van der Waals surface area contributed by atoms with Gasteiger partial charge >= 0.3 is 0 Å². The van der Waals surface area contributed by atoms with Crippen molar-refractivity contribution in [3.05, 3.63) is 35.2 Å². The number of rotatable bonds is 12. The summed E-state index contributed by atoms with van der Waals surface area (Å²) in [5.74, 6) is 1.31. The van der Waals surface area contributed by atoms with Gasteiger partial charge in [-0.05, 0) is 50.9 Å². The van der Waals surface area contributed by atoms with Gasteiger partial charge in [-0.25, -0.2) is 0 Å². The number of nitrogens with zero attached hydrogens (tertiary/aromatic N) is 4. The largest absolute Gasteiger partial charge is 0.325 e. The average molecular weight is 432 g/mol. The van der Waals surface area contributed by atoms with Gasteiger partial charge in [0.25, 0.3) is 0 Å². The maximum atomic E-state index is 12.8. The molecule has 1 aromatic heterocycles. The third-order valence-corrected chi connectivity index (χ3v) is 6.35. The molecule has 166 valence electrons. The van der Waals surface area contributed by atoms with Crippen LogP contribution in [-0.4, -0.2) is 45.4 Å². The molecule has 0 spiro atoms. The van der Waals surface area contributed by atoms with Crippen LogP contribution in [0.2, 0.25) is 0 Å². The first kappa shape index (κ1) is 24.4. The fourth-order valence-corrected chi connectivity index (χ4v) is 4.44. The zero-order valence-corrected chi connectivity index (χ0v) is 20.2. The SMILES string of the molecule is CCCCn1c(SCC(=O)Nc2c(CC)cccc2CC)nnc1[C@H](CC)N(C)C. The summed E-state index contributed by atoms with van der Waals surface area (Å²) >= 11 is 1.47. The quantitative estimate of drug-likeness (QED) is 0.482. The van der Waals surface area contributed by atoms with E-state index in [0.717, 1.165) is 55.3 Å². The Labute approximate surface area is 185 Å². The molecule has 1 atom stereocenters. The smallest absolute Gasteiger partial charge is 0.234 e. The van der Waals surface area contributed by atoms with E-state index in [-0.39, 0.29) is 11.9 Å². The highest BCUT2D eigenvalue weighted by atomic mass is 32.2. The summed E-state index contributed by atoms with van der Waals surface area (Å²) in [6.45, 7) is 9.47. The summed E-state index contributed by atoms with van der Waals surface area (Å²) in [5.41, 5.74) is 3.33. The number of benzene rings is 1. The predicted octanol–water partition coefficient (Wildman–Crippen LogP) is 4.95. The minimum absolute atomic E-state index is 0.00171. The molecule has 1 amide bonds. The predicted molar refractivity (Wildman–Crippen MR) is 126 cm³/mol. The molecule has 0 radical (unpaired) electrons. The molecule has 0 fully saturated rings. The molecule has 1 heterocycles. The van der Waals surface area contributed by atoms with Crippen molar-refractivity contribution in [3.63, 3.8) is 0 Å². The lowest BCUT2D eigenvalue weighted by molar-refractivity contribution is -0.113. The first-order valence-corrected chi connectivity index (χ1v) is 12.1. The Morgan fingerprint density at radius 1 is 1.13 bits per heavy atom. The normalized spacial score (nSPS) is 12.4. The van der Waals surface area contributed by atoms with Crippen LogP contribution in [0.4, 0.5) is 5.69 Å². The molecule has 0 bridgehead atoms. The van der Waals surface area contributed by atoms with Gasteiger partial charge in [0.1, 0.15) is 0 Å². The number of hydrogen-bond donors (Lipinski definition) is 1. The molecule has 1 aromatic carbocycles. The second-order valence-corrected chi connectivity index (χ2v) is 8.67. The number of carbonyl (C=O) groups excluding carboxylic acids is 1. The second-order valence-electron chi connectivity index (χ2n) is 7.73. The van der Waals surface area contributed by atoms with E-state index in [1.165, 1.54) is 22.9 Å². The van der Waals surface area contributed by atoms with Crippen molar-refractivity contribution in [2.45, 2.75) is 77.5 Å². The maximum Gasteiger partial charge on any atom is 0.234 e. The van der Waals surface area contributed by atoms with Crippen LogP contribution in [0.3, 0.4) is 0 Å². The zero-order chi connectivity index (χ0) is 22.1. The summed E-state index contributed by atoms with van der Waals surface area (Å²) in [6.07, 6.45) is 4.94. The fraction of sp³-hybridized carbons (Fsp3) is 0.609. The van der Waals surface area contributed by atoms with Crippen LogP contribution in [-0.2, 0) is 24.2 Å². The Balaban J connectivity index is 2.15. The number of unbranched alkanes of at least 4 members (excludes halogenated alkanes) is 1. The Morgan fingerprint density at radius 3 is 2.33 bits per heavy atom. The summed E-state index contributed by atoms with van der Waals surface area (Å²) in [6, 6.07) is 6.46. The van der Waals surface area contributed by atoms with E-state index in [1.54, 1.807) is 0 Å². The van der Waals surface area contributed by atoms with E-state index in [2.05, 4.69) is 85.0 Å². The number of carbonyl (C=O) groups is 1. The fourth-order valence-electron chi connectivity index (χ4n) is 3.67. The lowest BCUT2D eigenvalue weighted by atomic mass is 10.0.